The van der Waals surface area contributed by atoms with E-state index in [0.29, 0.717) is 73.9 Å². The minimum atomic E-state index is -1.62. The van der Waals surface area contributed by atoms with Gasteiger partial charge in [-0.3, -0.25) is 0 Å². The van der Waals surface area contributed by atoms with Crippen molar-refractivity contribution in [2.75, 3.05) is 33.0 Å². The van der Waals surface area contributed by atoms with Gasteiger partial charge >= 0.3 is 0 Å². The fourth-order valence-corrected chi connectivity index (χ4v) is 17.1. The lowest BCUT2D eigenvalue weighted by Crippen LogP contribution is -2.58. The van der Waals surface area contributed by atoms with Crippen LogP contribution in [0.15, 0.2) is 182 Å². The molecule has 9 aromatic rings. The first-order valence-electron chi connectivity index (χ1n) is 39.4. The van der Waals surface area contributed by atoms with Crippen molar-refractivity contribution in [1.29, 1.82) is 0 Å². The summed E-state index contributed by atoms with van der Waals surface area (Å²) in [6.07, 6.45) is -18.9. The minimum Gasteiger partial charge on any atom is -0.490 e. The molecular weight excluding hydrogens is 1450 g/mol. The molecule has 0 bridgehead atoms. The summed E-state index contributed by atoms with van der Waals surface area (Å²) < 4.78 is 62.9. The highest BCUT2D eigenvalue weighted by atomic mass is 16.6. The number of aliphatic hydroxyl groups is 11. The molecule has 6 aliphatic heterocycles. The number of hydrogen-bond acceptors (Lipinski definition) is 21. The van der Waals surface area contributed by atoms with Crippen LogP contribution < -0.4 is 14.2 Å². The predicted octanol–water partition coefficient (Wildman–Crippen LogP) is 9.55. The molecule has 0 amide bonds. The van der Waals surface area contributed by atoms with Crippen LogP contribution in [0.4, 0.5) is 0 Å². The lowest BCUT2D eigenvalue weighted by molar-refractivity contribution is -0.245. The molecule has 6 heterocycles. The highest BCUT2D eigenvalue weighted by molar-refractivity contribution is 5.46. The van der Waals surface area contributed by atoms with Crippen molar-refractivity contribution in [3.05, 3.63) is 299 Å². The van der Waals surface area contributed by atoms with Gasteiger partial charge in [-0.2, -0.15) is 0 Å². The number of rotatable bonds is 26. The summed E-state index contributed by atoms with van der Waals surface area (Å²) >= 11 is 0. The Bertz CT molecular complexity index is 4860. The van der Waals surface area contributed by atoms with Crippen LogP contribution in [0.25, 0.3) is 0 Å². The lowest BCUT2D eigenvalue weighted by Gasteiger charge is -2.42. The molecule has 3 saturated heterocycles. The Labute approximate surface area is 664 Å². The Balaban J connectivity index is 0.517. The molecule has 9 aromatic carbocycles. The Hall–Kier alpha value is -8.34. The van der Waals surface area contributed by atoms with Gasteiger partial charge in [0.05, 0.1) is 45.7 Å². The van der Waals surface area contributed by atoms with Gasteiger partial charge in [-0.1, -0.05) is 146 Å². The SMILES string of the molecule is Cc1ccc([C@@H]2O[C@H](C(O)Cc3ccc4c(c3)COC4(C)COc3ccc(Cc4cc([C@@H]5O[C@H](CO)[C@@H](O)[C@H](O)[C@H]5O)ccc4C)cc3)[C@@H](O)[C@H](O)[C@H]2O)cc1Cc1ccc(OCC2(C)OCc3ccc(COC[C@H]4O[C@@H](c5ccc(C)c(Cc6ccc(OCC7(C)OCc8cccc(C)c87)cc6)c5)[C@H](O)[C@@H](O)[C@@H]4O)cc32)cc1. The van der Waals surface area contributed by atoms with Crippen LogP contribution in [-0.2, 0) is 102 Å². The standard InChI is InChI=1S/C93H104O21/c1-51-11-22-60(87-83(101)80(98)78(96)75(42-94)112-87)39-65(51)33-55-15-26-69(27-16-55)106-48-91(5)72-32-21-58(36-68(72)46-110-91)38-74(95)90-86(104)82(100)85(103)89(114-90)62-24-13-53(3)67(41-62)35-56-17-28-70(29-18-56)107-49-92(6)73-37-59(14-25-63(73)44-109-92)43-105-47-76-79(97)81(99)84(102)88(113-76)61-23-12-52(2)66(40-61)34-57-19-30-71(31-20-57)108-50-93(7)77-54(4)9-8-10-64(77)45-111-93/h8-32,36-37,39-41,74-76,78-90,94-104H,33-35,38,42-50H2,1-7H3/t74?,75-,76-,78-,79-,80+,81+,82-,83-,84-,85-,86+,87+,88+,89+,90-,91?,92?,93?/m1/s1. The molecule has 21 heteroatoms. The van der Waals surface area contributed by atoms with E-state index in [0.717, 1.165) is 89.2 Å². The van der Waals surface area contributed by atoms with Crippen LogP contribution in [0.5, 0.6) is 17.2 Å². The van der Waals surface area contributed by atoms with Gasteiger partial charge in [0.25, 0.3) is 0 Å². The molecule has 11 N–H and O–H groups in total. The quantitative estimate of drug-likeness (QED) is 0.0240. The van der Waals surface area contributed by atoms with Gasteiger partial charge in [-0.15, -0.1) is 0 Å². The maximum Gasteiger partial charge on any atom is 0.125 e. The zero-order valence-electron chi connectivity index (χ0n) is 65.3. The summed E-state index contributed by atoms with van der Waals surface area (Å²) in [5, 5.41) is 121. The minimum absolute atomic E-state index is 0.0526. The van der Waals surface area contributed by atoms with Crippen LogP contribution >= 0.6 is 0 Å². The van der Waals surface area contributed by atoms with E-state index in [-0.39, 0.29) is 32.8 Å². The first kappa shape index (κ1) is 80.8. The molecule has 21 nitrogen and oxygen atoms in total. The average Bonchev–Trinajstić information content (AvgIpc) is 1.69. The molecule has 3 fully saturated rings. The topological polar surface area (TPSA) is 315 Å². The summed E-state index contributed by atoms with van der Waals surface area (Å²) in [5.41, 5.74) is 17.8. The van der Waals surface area contributed by atoms with E-state index in [4.69, 9.17) is 47.4 Å². The first-order chi connectivity index (χ1) is 54.7. The van der Waals surface area contributed by atoms with E-state index in [1.165, 1.54) is 16.7 Å². The lowest BCUT2D eigenvalue weighted by atomic mass is 9.86. The van der Waals surface area contributed by atoms with E-state index < -0.39 is 121 Å². The second-order valence-corrected chi connectivity index (χ2v) is 32.6. The maximum atomic E-state index is 11.8. The zero-order chi connectivity index (χ0) is 80.1. The van der Waals surface area contributed by atoms with E-state index >= 15 is 0 Å². The summed E-state index contributed by atoms with van der Waals surface area (Å²) in [4.78, 5) is 0. The molecular formula is C93H104O21. The van der Waals surface area contributed by atoms with Crippen LogP contribution in [0.3, 0.4) is 0 Å². The van der Waals surface area contributed by atoms with Gasteiger partial charge in [0, 0.05) is 6.42 Å². The molecule has 0 saturated carbocycles. The molecule has 0 aromatic heterocycles. The normalized spacial score (nSPS) is 29.4. The smallest absolute Gasteiger partial charge is 0.125 e. The van der Waals surface area contributed by atoms with E-state index in [1.807, 2.05) is 198 Å². The summed E-state index contributed by atoms with van der Waals surface area (Å²) in [6, 6.07) is 58.9. The van der Waals surface area contributed by atoms with Gasteiger partial charge in [0.1, 0.15) is 145 Å². The van der Waals surface area contributed by atoms with E-state index in [1.54, 1.807) is 0 Å². The van der Waals surface area contributed by atoms with Crippen molar-refractivity contribution in [2.45, 2.75) is 215 Å². The molecule has 15 rings (SSSR count). The molecule has 4 unspecified atom stereocenters. The molecule has 0 spiro atoms. The fourth-order valence-electron chi connectivity index (χ4n) is 17.1. The summed E-state index contributed by atoms with van der Waals surface area (Å²) in [7, 11) is 0. The van der Waals surface area contributed by atoms with Gasteiger partial charge in [-0.05, 0) is 221 Å². The summed E-state index contributed by atoms with van der Waals surface area (Å²) in [6.45, 7) is 15.8. The Morgan fingerprint density at radius 2 is 0.816 bits per heavy atom. The van der Waals surface area contributed by atoms with Gasteiger partial charge in [-0.25, -0.2) is 0 Å². The Morgan fingerprint density at radius 1 is 0.386 bits per heavy atom. The molecule has 6 aliphatic rings. The van der Waals surface area contributed by atoms with Crippen molar-refractivity contribution < 1.29 is 104 Å². The van der Waals surface area contributed by atoms with Crippen LogP contribution in [-0.4, -0.2) is 169 Å². The predicted molar refractivity (Wildman–Crippen MR) is 422 cm³/mol. The number of aliphatic hydroxyl groups excluding tert-OH is 11. The number of fused-ring (bicyclic) bond motifs is 3. The zero-order valence-corrected chi connectivity index (χ0v) is 65.3. The van der Waals surface area contributed by atoms with Crippen molar-refractivity contribution in [3.8, 4) is 17.2 Å². The fraction of sp³-hybridized carbons (Fsp3) is 0.419. The highest BCUT2D eigenvalue weighted by Crippen LogP contribution is 2.44. The van der Waals surface area contributed by atoms with E-state index in [2.05, 4.69) is 32.0 Å². The third kappa shape index (κ3) is 16.8. The molecule has 19 atom stereocenters. The van der Waals surface area contributed by atoms with Crippen molar-refractivity contribution in [2.24, 2.45) is 0 Å². The second kappa shape index (κ2) is 33.7. The Morgan fingerprint density at radius 3 is 1.33 bits per heavy atom. The number of hydrogen-bond donors (Lipinski definition) is 11. The highest BCUT2D eigenvalue weighted by Gasteiger charge is 2.49. The molecule has 602 valence electrons. The number of benzene rings is 9. The first-order valence-corrected chi connectivity index (χ1v) is 39.4. The van der Waals surface area contributed by atoms with Gasteiger partial charge in [0.2, 0.25) is 0 Å². The van der Waals surface area contributed by atoms with Crippen molar-refractivity contribution in [1.82, 2.24) is 0 Å². The third-order valence-electron chi connectivity index (χ3n) is 24.2. The van der Waals surface area contributed by atoms with Gasteiger partial charge in [0.15, 0.2) is 0 Å². The third-order valence-corrected chi connectivity index (χ3v) is 24.2. The molecule has 0 radical (unpaired) electrons. The summed E-state index contributed by atoms with van der Waals surface area (Å²) in [5.74, 6) is 2.02. The maximum absolute atomic E-state index is 11.8. The van der Waals surface area contributed by atoms with Gasteiger partial charge < -0.3 is 104 Å². The Kier molecular flexibility index (Phi) is 23.9. The van der Waals surface area contributed by atoms with Crippen LogP contribution in [0, 0.1) is 27.7 Å². The average molecular weight is 1560 g/mol. The van der Waals surface area contributed by atoms with Crippen LogP contribution in [0.1, 0.15) is 156 Å². The molecule has 0 aliphatic carbocycles. The number of aryl methyl sites for hydroxylation is 4. The number of ether oxygens (including phenoxy) is 10. The monoisotopic (exact) mass is 1560 g/mol. The van der Waals surface area contributed by atoms with Crippen LogP contribution in [0.2, 0.25) is 0 Å². The van der Waals surface area contributed by atoms with Crippen molar-refractivity contribution in [3.63, 3.8) is 0 Å². The van der Waals surface area contributed by atoms with Crippen molar-refractivity contribution >= 4 is 0 Å². The second-order valence-electron chi connectivity index (χ2n) is 32.6. The van der Waals surface area contributed by atoms with E-state index in [9.17, 15) is 56.2 Å². The molecule has 114 heavy (non-hydrogen) atoms. The largest absolute Gasteiger partial charge is 0.490 e.